The summed E-state index contributed by atoms with van der Waals surface area (Å²) in [5.74, 6) is 1.97. The van der Waals surface area contributed by atoms with Crippen LogP contribution in [-0.2, 0) is 13.7 Å². The molecule has 0 aliphatic rings. The number of aromatic nitrogens is 3. The quantitative estimate of drug-likeness (QED) is 0.399. The number of hydrogen-bond acceptors (Lipinski definition) is 6. The van der Waals surface area contributed by atoms with E-state index in [-0.39, 0.29) is 17.6 Å². The van der Waals surface area contributed by atoms with Crippen molar-refractivity contribution in [2.24, 2.45) is 7.05 Å². The maximum atomic E-state index is 12.7. The molecular weight excluding hydrogens is 398 g/mol. The van der Waals surface area contributed by atoms with Crippen molar-refractivity contribution in [3.8, 4) is 11.5 Å². The molecule has 2 aromatic carbocycles. The molecule has 1 heterocycles. The van der Waals surface area contributed by atoms with Gasteiger partial charge in [-0.15, -0.1) is 10.2 Å². The largest absolute Gasteiger partial charge is 0.497 e. The van der Waals surface area contributed by atoms with Crippen LogP contribution >= 0.6 is 23.4 Å². The number of benzene rings is 2. The van der Waals surface area contributed by atoms with Gasteiger partial charge in [-0.3, -0.25) is 4.79 Å². The highest BCUT2D eigenvalue weighted by molar-refractivity contribution is 8.00. The Morgan fingerprint density at radius 2 is 1.89 bits per heavy atom. The number of ketones is 1. The minimum absolute atomic E-state index is 0.0181. The number of Topliss-reactive ketones (excluding diaryl/α,β-unsaturated/α-hetero) is 1. The highest BCUT2D eigenvalue weighted by Gasteiger charge is 2.20. The third-order valence-corrected chi connectivity index (χ3v) is 5.59. The summed E-state index contributed by atoms with van der Waals surface area (Å²) in [6.45, 7) is 2.08. The van der Waals surface area contributed by atoms with Crippen molar-refractivity contribution < 1.29 is 14.3 Å². The van der Waals surface area contributed by atoms with Crippen LogP contribution in [0.4, 0.5) is 0 Å². The molecule has 6 nitrogen and oxygen atoms in total. The van der Waals surface area contributed by atoms with Crippen LogP contribution in [0.3, 0.4) is 0 Å². The Hall–Kier alpha value is -2.51. The number of carbonyl (C=O) groups is 1. The van der Waals surface area contributed by atoms with Gasteiger partial charge in [0, 0.05) is 12.6 Å². The standard InChI is InChI=1S/C20H20ClN3O3S/c1-13(19(25)14-8-10-15(26-3)11-9-14)28-20-23-22-18(24(20)2)12-27-17-7-5-4-6-16(17)21/h4-11,13H,12H2,1-3H3/t13-/m1/s1. The average Bonchev–Trinajstić information content (AvgIpc) is 3.06. The summed E-state index contributed by atoms with van der Waals surface area (Å²) in [5, 5.41) is 9.22. The molecule has 3 rings (SSSR count). The Bertz CT molecular complexity index is 960. The molecule has 0 saturated carbocycles. The fraction of sp³-hybridized carbons (Fsp3) is 0.250. The molecule has 0 radical (unpaired) electrons. The van der Waals surface area contributed by atoms with Crippen LogP contribution < -0.4 is 9.47 Å². The predicted octanol–water partition coefficient (Wildman–Crippen LogP) is 4.42. The average molecular weight is 418 g/mol. The maximum Gasteiger partial charge on any atom is 0.191 e. The molecular formula is C20H20ClN3O3S. The molecule has 8 heteroatoms. The lowest BCUT2D eigenvalue weighted by atomic mass is 10.1. The first-order chi connectivity index (χ1) is 13.5. The number of carbonyl (C=O) groups excluding carboxylic acids is 1. The van der Waals surface area contributed by atoms with E-state index in [1.54, 1.807) is 43.5 Å². The van der Waals surface area contributed by atoms with Crippen molar-refractivity contribution in [3.63, 3.8) is 0 Å². The molecule has 28 heavy (non-hydrogen) atoms. The molecule has 0 unspecified atom stereocenters. The summed E-state index contributed by atoms with van der Waals surface area (Å²) >= 11 is 7.45. The van der Waals surface area contributed by atoms with Crippen LogP contribution in [0.25, 0.3) is 0 Å². The topological polar surface area (TPSA) is 66.2 Å². The predicted molar refractivity (Wildman–Crippen MR) is 109 cm³/mol. The van der Waals surface area contributed by atoms with Crippen LogP contribution in [0.15, 0.2) is 53.7 Å². The first-order valence-corrected chi connectivity index (χ1v) is 9.86. The van der Waals surface area contributed by atoms with Gasteiger partial charge >= 0.3 is 0 Å². The Morgan fingerprint density at radius 1 is 1.18 bits per heavy atom. The zero-order valence-corrected chi connectivity index (χ0v) is 17.3. The third-order valence-electron chi connectivity index (χ3n) is 4.14. The molecule has 3 aromatic rings. The van der Waals surface area contributed by atoms with Gasteiger partial charge in [0.25, 0.3) is 0 Å². The molecule has 0 fully saturated rings. The summed E-state index contributed by atoms with van der Waals surface area (Å²) in [4.78, 5) is 12.7. The van der Waals surface area contributed by atoms with Gasteiger partial charge in [-0.05, 0) is 43.3 Å². The van der Waals surface area contributed by atoms with Gasteiger partial charge in [0.1, 0.15) is 18.1 Å². The molecule has 0 amide bonds. The van der Waals surface area contributed by atoms with Crippen molar-refractivity contribution in [1.29, 1.82) is 0 Å². The number of rotatable bonds is 8. The van der Waals surface area contributed by atoms with E-state index in [2.05, 4.69) is 10.2 Å². The van der Waals surface area contributed by atoms with Gasteiger partial charge in [-0.25, -0.2) is 0 Å². The SMILES string of the molecule is COc1ccc(C(=O)[C@@H](C)Sc2nnc(COc3ccccc3Cl)n2C)cc1. The lowest BCUT2D eigenvalue weighted by molar-refractivity contribution is 0.0994. The second-order valence-electron chi connectivity index (χ2n) is 6.03. The number of ether oxygens (including phenoxy) is 2. The molecule has 0 saturated heterocycles. The van der Waals surface area contributed by atoms with E-state index >= 15 is 0 Å². The minimum atomic E-state index is -0.311. The van der Waals surface area contributed by atoms with E-state index in [1.165, 1.54) is 11.8 Å². The first-order valence-electron chi connectivity index (χ1n) is 8.60. The van der Waals surface area contributed by atoms with E-state index in [0.717, 1.165) is 0 Å². The summed E-state index contributed by atoms with van der Waals surface area (Å²) in [5.41, 5.74) is 0.630. The molecule has 0 aliphatic carbocycles. The maximum absolute atomic E-state index is 12.7. The van der Waals surface area contributed by atoms with Gasteiger partial charge in [0.2, 0.25) is 0 Å². The van der Waals surface area contributed by atoms with Crippen molar-refractivity contribution in [2.75, 3.05) is 7.11 Å². The number of halogens is 1. The normalized spacial score (nSPS) is 11.9. The molecule has 0 bridgehead atoms. The Kier molecular flexibility index (Phi) is 6.59. The number of para-hydroxylation sites is 1. The van der Waals surface area contributed by atoms with E-state index in [9.17, 15) is 4.79 Å². The van der Waals surface area contributed by atoms with Crippen molar-refractivity contribution >= 4 is 29.1 Å². The van der Waals surface area contributed by atoms with Gasteiger partial charge in [-0.1, -0.05) is 35.5 Å². The highest BCUT2D eigenvalue weighted by atomic mass is 35.5. The number of thioether (sulfide) groups is 1. The molecule has 1 atom stereocenters. The molecule has 0 N–H and O–H groups in total. The van der Waals surface area contributed by atoms with Crippen LogP contribution in [0.2, 0.25) is 5.02 Å². The van der Waals surface area contributed by atoms with Crippen LogP contribution in [-0.4, -0.2) is 32.9 Å². The molecule has 146 valence electrons. The first kappa shape index (κ1) is 20.2. The Balaban J connectivity index is 1.64. The number of nitrogens with zero attached hydrogens (tertiary/aromatic N) is 3. The smallest absolute Gasteiger partial charge is 0.191 e. The zero-order chi connectivity index (χ0) is 20.1. The van der Waals surface area contributed by atoms with Crippen molar-refractivity contribution in [3.05, 3.63) is 64.9 Å². The zero-order valence-electron chi connectivity index (χ0n) is 15.8. The molecule has 0 aliphatic heterocycles. The van der Waals surface area contributed by atoms with E-state index in [0.29, 0.717) is 33.1 Å². The van der Waals surface area contributed by atoms with Crippen molar-refractivity contribution in [2.45, 2.75) is 23.9 Å². The van der Waals surface area contributed by atoms with Crippen LogP contribution in [0.1, 0.15) is 23.1 Å². The summed E-state index contributed by atoms with van der Waals surface area (Å²) in [7, 11) is 3.44. The molecule has 0 spiro atoms. The fourth-order valence-electron chi connectivity index (χ4n) is 2.48. The summed E-state index contributed by atoms with van der Waals surface area (Å²) in [6, 6.07) is 14.3. The minimum Gasteiger partial charge on any atom is -0.497 e. The lowest BCUT2D eigenvalue weighted by Crippen LogP contribution is -2.14. The van der Waals surface area contributed by atoms with Gasteiger partial charge in [0.15, 0.2) is 16.8 Å². The fourth-order valence-corrected chi connectivity index (χ4v) is 3.58. The van der Waals surface area contributed by atoms with E-state index in [1.807, 2.05) is 30.7 Å². The van der Waals surface area contributed by atoms with Gasteiger partial charge in [0.05, 0.1) is 17.4 Å². The van der Waals surface area contributed by atoms with Gasteiger partial charge in [-0.2, -0.15) is 0 Å². The Morgan fingerprint density at radius 3 is 2.57 bits per heavy atom. The second-order valence-corrected chi connectivity index (χ2v) is 7.74. The summed E-state index contributed by atoms with van der Waals surface area (Å²) < 4.78 is 12.7. The number of hydrogen-bond donors (Lipinski definition) is 0. The Labute approximate surface area is 172 Å². The summed E-state index contributed by atoms with van der Waals surface area (Å²) in [6.07, 6.45) is 0. The van der Waals surface area contributed by atoms with E-state index < -0.39 is 0 Å². The molecule has 1 aromatic heterocycles. The third kappa shape index (κ3) is 4.66. The number of methoxy groups -OCH3 is 1. The van der Waals surface area contributed by atoms with Crippen LogP contribution in [0, 0.1) is 0 Å². The highest BCUT2D eigenvalue weighted by Crippen LogP contribution is 2.27. The van der Waals surface area contributed by atoms with Crippen LogP contribution in [0.5, 0.6) is 11.5 Å². The lowest BCUT2D eigenvalue weighted by Gasteiger charge is -2.11. The van der Waals surface area contributed by atoms with E-state index in [4.69, 9.17) is 21.1 Å². The van der Waals surface area contributed by atoms with Gasteiger partial charge < -0.3 is 14.0 Å². The monoisotopic (exact) mass is 417 g/mol. The second kappa shape index (κ2) is 9.12. The van der Waals surface area contributed by atoms with Crippen molar-refractivity contribution in [1.82, 2.24) is 14.8 Å².